The lowest BCUT2D eigenvalue weighted by Gasteiger charge is -2.27. The van der Waals surface area contributed by atoms with Crippen LogP contribution in [0.5, 0.6) is 5.75 Å². The van der Waals surface area contributed by atoms with E-state index in [1.807, 2.05) is 0 Å². The van der Waals surface area contributed by atoms with E-state index in [-0.39, 0.29) is 36.8 Å². The van der Waals surface area contributed by atoms with Crippen LogP contribution in [0.4, 0.5) is 4.39 Å². The summed E-state index contributed by atoms with van der Waals surface area (Å²) < 4.78 is 28.7. The molecule has 1 aromatic heterocycles. The second-order valence-electron chi connectivity index (χ2n) is 5.92. The van der Waals surface area contributed by atoms with Gasteiger partial charge in [-0.25, -0.2) is 4.39 Å². The molecule has 2 N–H and O–H groups in total. The number of nitrogens with zero attached hydrogens (tertiary/aromatic N) is 1. The summed E-state index contributed by atoms with van der Waals surface area (Å²) in [5.74, 6) is -1.96. The van der Waals surface area contributed by atoms with Gasteiger partial charge in [0.25, 0.3) is 5.91 Å². The number of aliphatic carboxylic acids is 1. The van der Waals surface area contributed by atoms with Gasteiger partial charge in [0.15, 0.2) is 23.0 Å². The number of carboxylic acid groups (broad SMARTS) is 1. The summed E-state index contributed by atoms with van der Waals surface area (Å²) in [5, 5.41) is 15.2. The zero-order chi connectivity index (χ0) is 19.2. The molecule has 2 aromatic rings. The number of methoxy groups -OCH3 is 1. The monoisotopic (exact) mass is 366 g/mol. The summed E-state index contributed by atoms with van der Waals surface area (Å²) in [6.07, 6.45) is -0.326. The molecule has 140 valence electrons. The molecule has 1 amide bonds. The molecule has 1 aromatic carbocycles. The van der Waals surface area contributed by atoms with Gasteiger partial charge in [-0.05, 0) is 19.1 Å². The first-order valence-electron chi connectivity index (χ1n) is 7.69. The van der Waals surface area contributed by atoms with Crippen LogP contribution in [0.15, 0.2) is 34.9 Å². The van der Waals surface area contributed by atoms with Crippen molar-refractivity contribution in [3.05, 3.63) is 47.6 Å². The molecule has 0 saturated carbocycles. The molecule has 1 unspecified atom stereocenters. The summed E-state index contributed by atoms with van der Waals surface area (Å²) in [7, 11) is 1.40. The third kappa shape index (κ3) is 5.28. The van der Waals surface area contributed by atoms with E-state index >= 15 is 0 Å². The Balaban J connectivity index is 2.00. The molecule has 0 spiro atoms. The van der Waals surface area contributed by atoms with Crippen molar-refractivity contribution >= 4 is 11.9 Å². The number of carboxylic acids is 1. The van der Waals surface area contributed by atoms with E-state index in [0.717, 1.165) is 0 Å². The van der Waals surface area contributed by atoms with Gasteiger partial charge in [0.1, 0.15) is 6.61 Å². The van der Waals surface area contributed by atoms with Crippen molar-refractivity contribution in [2.75, 3.05) is 13.7 Å². The molecule has 1 heterocycles. The minimum absolute atomic E-state index is 0.00609. The average Bonchev–Trinajstić information content (AvgIpc) is 3.02. The van der Waals surface area contributed by atoms with Gasteiger partial charge in [0.2, 0.25) is 0 Å². The number of aromatic nitrogens is 1. The lowest BCUT2D eigenvalue weighted by atomic mass is 9.98. The summed E-state index contributed by atoms with van der Waals surface area (Å²) in [4.78, 5) is 23.2. The normalized spacial score (nSPS) is 13.0. The molecule has 0 aliphatic rings. The fourth-order valence-corrected chi connectivity index (χ4v) is 2.32. The Morgan fingerprint density at radius 2 is 2.12 bits per heavy atom. The molecule has 0 saturated heterocycles. The standard InChI is InChI=1S/C17H19FN2O6/c1-17(10-24-2,8-15(21)22)19-16(23)13-7-11(26-20-13)9-25-14-6-4-3-5-12(14)18/h3-7H,8-10H2,1-2H3,(H,19,23)(H,21,22). The minimum Gasteiger partial charge on any atom is -0.482 e. The van der Waals surface area contributed by atoms with Crippen molar-refractivity contribution in [3.63, 3.8) is 0 Å². The van der Waals surface area contributed by atoms with Crippen LogP contribution in [0.1, 0.15) is 29.6 Å². The number of carbonyl (C=O) groups excluding carboxylic acids is 1. The van der Waals surface area contributed by atoms with Gasteiger partial charge in [-0.15, -0.1) is 0 Å². The van der Waals surface area contributed by atoms with Crippen LogP contribution in [-0.4, -0.2) is 41.4 Å². The Morgan fingerprint density at radius 1 is 1.38 bits per heavy atom. The molecule has 0 aliphatic heterocycles. The molecule has 0 fully saturated rings. The van der Waals surface area contributed by atoms with Gasteiger partial charge in [-0.2, -0.15) is 0 Å². The van der Waals surface area contributed by atoms with E-state index in [0.29, 0.717) is 0 Å². The van der Waals surface area contributed by atoms with Crippen LogP contribution < -0.4 is 10.1 Å². The molecule has 0 radical (unpaired) electrons. The molecule has 9 heteroatoms. The highest BCUT2D eigenvalue weighted by molar-refractivity contribution is 5.93. The SMILES string of the molecule is COCC(C)(CC(=O)O)NC(=O)c1cc(COc2ccccc2F)on1. The van der Waals surface area contributed by atoms with Gasteiger partial charge in [0.05, 0.1) is 18.6 Å². The number of nitrogens with one attached hydrogen (secondary N) is 1. The van der Waals surface area contributed by atoms with E-state index in [4.69, 9.17) is 19.1 Å². The highest BCUT2D eigenvalue weighted by atomic mass is 19.1. The number of hydrogen-bond donors (Lipinski definition) is 2. The van der Waals surface area contributed by atoms with Crippen molar-refractivity contribution in [1.82, 2.24) is 10.5 Å². The molecular formula is C17H19FN2O6. The van der Waals surface area contributed by atoms with E-state index in [2.05, 4.69) is 10.5 Å². The first-order chi connectivity index (χ1) is 12.3. The summed E-state index contributed by atoms with van der Waals surface area (Å²) in [6, 6.07) is 7.21. The maximum absolute atomic E-state index is 13.5. The topological polar surface area (TPSA) is 111 Å². The summed E-state index contributed by atoms with van der Waals surface area (Å²) in [5.41, 5.74) is -1.16. The van der Waals surface area contributed by atoms with Crippen molar-refractivity contribution in [2.45, 2.75) is 25.5 Å². The quantitative estimate of drug-likeness (QED) is 0.698. The van der Waals surface area contributed by atoms with Crippen LogP contribution in [0.3, 0.4) is 0 Å². The Labute approximate surface area is 148 Å². The third-order valence-corrected chi connectivity index (χ3v) is 3.42. The molecule has 0 aliphatic carbocycles. The summed E-state index contributed by atoms with van der Waals surface area (Å²) >= 11 is 0. The molecule has 1 atom stereocenters. The Kier molecular flexibility index (Phi) is 6.29. The fourth-order valence-electron chi connectivity index (χ4n) is 2.32. The second kappa shape index (κ2) is 8.43. The van der Waals surface area contributed by atoms with Crippen molar-refractivity contribution < 1.29 is 33.1 Å². The summed E-state index contributed by atoms with van der Waals surface area (Å²) in [6.45, 7) is 1.43. The Bertz CT molecular complexity index is 778. The Morgan fingerprint density at radius 3 is 2.77 bits per heavy atom. The van der Waals surface area contributed by atoms with Crippen LogP contribution in [-0.2, 0) is 16.1 Å². The van der Waals surface area contributed by atoms with Crippen molar-refractivity contribution in [2.24, 2.45) is 0 Å². The molecule has 2 rings (SSSR count). The largest absolute Gasteiger partial charge is 0.482 e. The molecule has 26 heavy (non-hydrogen) atoms. The van der Waals surface area contributed by atoms with Crippen LogP contribution >= 0.6 is 0 Å². The first-order valence-corrected chi connectivity index (χ1v) is 7.69. The van der Waals surface area contributed by atoms with Gasteiger partial charge in [-0.3, -0.25) is 9.59 Å². The van der Waals surface area contributed by atoms with E-state index in [9.17, 15) is 14.0 Å². The van der Waals surface area contributed by atoms with Gasteiger partial charge in [-0.1, -0.05) is 17.3 Å². The van der Waals surface area contributed by atoms with E-state index < -0.39 is 23.2 Å². The highest BCUT2D eigenvalue weighted by Crippen LogP contribution is 2.18. The number of benzene rings is 1. The highest BCUT2D eigenvalue weighted by Gasteiger charge is 2.31. The maximum Gasteiger partial charge on any atom is 0.305 e. The van der Waals surface area contributed by atoms with Gasteiger partial charge in [0, 0.05) is 13.2 Å². The number of amides is 1. The number of rotatable bonds is 9. The lowest BCUT2D eigenvalue weighted by molar-refractivity contribution is -0.139. The zero-order valence-electron chi connectivity index (χ0n) is 14.3. The minimum atomic E-state index is -1.11. The van der Waals surface area contributed by atoms with Crippen LogP contribution in [0, 0.1) is 5.82 Å². The average molecular weight is 366 g/mol. The van der Waals surface area contributed by atoms with Gasteiger partial charge >= 0.3 is 5.97 Å². The third-order valence-electron chi connectivity index (χ3n) is 3.42. The van der Waals surface area contributed by atoms with Crippen molar-refractivity contribution in [1.29, 1.82) is 0 Å². The number of carbonyl (C=O) groups is 2. The first kappa shape index (κ1) is 19.4. The molecular weight excluding hydrogens is 347 g/mol. The maximum atomic E-state index is 13.5. The van der Waals surface area contributed by atoms with Crippen LogP contribution in [0.25, 0.3) is 0 Å². The second-order valence-corrected chi connectivity index (χ2v) is 5.92. The van der Waals surface area contributed by atoms with E-state index in [1.165, 1.54) is 31.4 Å². The number of para-hydroxylation sites is 1. The van der Waals surface area contributed by atoms with Crippen LogP contribution in [0.2, 0.25) is 0 Å². The fraction of sp³-hybridized carbons (Fsp3) is 0.353. The predicted octanol–water partition coefficient (Wildman–Crippen LogP) is 2.00. The Hall–Kier alpha value is -2.94. The zero-order valence-corrected chi connectivity index (χ0v) is 14.3. The number of ether oxygens (including phenoxy) is 2. The smallest absolute Gasteiger partial charge is 0.305 e. The van der Waals surface area contributed by atoms with E-state index in [1.54, 1.807) is 13.0 Å². The molecule has 8 nitrogen and oxygen atoms in total. The molecule has 0 bridgehead atoms. The lowest BCUT2D eigenvalue weighted by Crippen LogP contribution is -2.50. The van der Waals surface area contributed by atoms with Crippen molar-refractivity contribution in [3.8, 4) is 5.75 Å². The van der Waals surface area contributed by atoms with Gasteiger partial charge < -0.3 is 24.4 Å². The predicted molar refractivity (Wildman–Crippen MR) is 87.2 cm³/mol. The number of halogens is 1. The number of hydrogen-bond acceptors (Lipinski definition) is 6.